The maximum atomic E-state index is 13.9. The van der Waals surface area contributed by atoms with Crippen LogP contribution in [0, 0.1) is 12.7 Å². The minimum atomic E-state index is -0.317. The van der Waals surface area contributed by atoms with Crippen LogP contribution in [0.15, 0.2) is 30.5 Å². The molecule has 1 atom stereocenters. The van der Waals surface area contributed by atoms with E-state index in [1.807, 2.05) is 24.8 Å². The highest BCUT2D eigenvalue weighted by Crippen LogP contribution is 2.22. The number of nitrogens with zero attached hydrogens (tertiary/aromatic N) is 4. The second-order valence-corrected chi connectivity index (χ2v) is 6.80. The first-order valence-corrected chi connectivity index (χ1v) is 8.79. The van der Waals surface area contributed by atoms with Gasteiger partial charge in [0.2, 0.25) is 5.91 Å². The van der Waals surface area contributed by atoms with Crippen LogP contribution >= 0.6 is 11.6 Å². The number of hydrogen-bond acceptors (Lipinski definition) is 3. The van der Waals surface area contributed by atoms with Gasteiger partial charge in [-0.2, -0.15) is 5.10 Å². The molecule has 0 saturated carbocycles. The molecule has 1 aliphatic heterocycles. The van der Waals surface area contributed by atoms with E-state index in [-0.39, 0.29) is 17.8 Å². The monoisotopic (exact) mass is 364 g/mol. The third kappa shape index (κ3) is 3.85. The van der Waals surface area contributed by atoms with E-state index in [1.54, 1.807) is 23.0 Å². The molecule has 5 nitrogen and oxygen atoms in total. The lowest BCUT2D eigenvalue weighted by Gasteiger charge is -2.36. The van der Waals surface area contributed by atoms with Gasteiger partial charge in [-0.25, -0.2) is 4.39 Å². The fourth-order valence-electron chi connectivity index (χ4n) is 3.19. The first-order chi connectivity index (χ1) is 12.0. The van der Waals surface area contributed by atoms with Gasteiger partial charge >= 0.3 is 0 Å². The quantitative estimate of drug-likeness (QED) is 0.837. The SMILES string of the molecule is Cc1ccnn1C(C)C(=O)N1CCN(Cc2c(F)cccc2Cl)CC1. The third-order valence-corrected chi connectivity index (χ3v) is 5.07. The summed E-state index contributed by atoms with van der Waals surface area (Å²) in [4.78, 5) is 16.7. The standard InChI is InChI=1S/C18H22ClFN4O/c1-13-6-7-21-24(13)14(2)18(25)23-10-8-22(9-11-23)12-15-16(19)4-3-5-17(15)20/h3-7,14H,8-12H2,1-2H3. The van der Waals surface area contributed by atoms with E-state index in [0.717, 1.165) is 5.69 Å². The van der Waals surface area contributed by atoms with Gasteiger partial charge in [0, 0.05) is 55.2 Å². The zero-order chi connectivity index (χ0) is 18.0. The van der Waals surface area contributed by atoms with Gasteiger partial charge in [-0.1, -0.05) is 17.7 Å². The van der Waals surface area contributed by atoms with Crippen molar-refractivity contribution in [1.82, 2.24) is 19.6 Å². The van der Waals surface area contributed by atoms with Crippen molar-refractivity contribution < 1.29 is 9.18 Å². The zero-order valence-electron chi connectivity index (χ0n) is 14.5. The molecule has 0 radical (unpaired) electrons. The number of hydrogen-bond donors (Lipinski definition) is 0. The average molecular weight is 365 g/mol. The van der Waals surface area contributed by atoms with Crippen LogP contribution in [0.4, 0.5) is 4.39 Å². The highest BCUT2D eigenvalue weighted by atomic mass is 35.5. The number of carbonyl (C=O) groups excluding carboxylic acids is 1. The summed E-state index contributed by atoms with van der Waals surface area (Å²) in [6.07, 6.45) is 1.70. The molecule has 2 heterocycles. The van der Waals surface area contributed by atoms with E-state index in [2.05, 4.69) is 10.00 Å². The fourth-order valence-corrected chi connectivity index (χ4v) is 3.41. The van der Waals surface area contributed by atoms with Gasteiger partial charge in [-0.3, -0.25) is 14.4 Å². The van der Waals surface area contributed by atoms with Crippen molar-refractivity contribution in [1.29, 1.82) is 0 Å². The van der Waals surface area contributed by atoms with Crippen LogP contribution in [0.1, 0.15) is 24.2 Å². The van der Waals surface area contributed by atoms with E-state index in [0.29, 0.717) is 43.3 Å². The number of aryl methyl sites for hydroxylation is 1. The van der Waals surface area contributed by atoms with Crippen LogP contribution in [0.2, 0.25) is 5.02 Å². The van der Waals surface area contributed by atoms with Crippen molar-refractivity contribution in [2.75, 3.05) is 26.2 Å². The summed E-state index contributed by atoms with van der Waals surface area (Å²) >= 11 is 6.10. The molecular weight excluding hydrogens is 343 g/mol. The maximum absolute atomic E-state index is 13.9. The Morgan fingerprint density at radius 2 is 2.00 bits per heavy atom. The van der Waals surface area contributed by atoms with Crippen molar-refractivity contribution in [3.63, 3.8) is 0 Å². The molecule has 1 aromatic carbocycles. The van der Waals surface area contributed by atoms with E-state index in [9.17, 15) is 9.18 Å². The number of halogens is 2. The average Bonchev–Trinajstić information content (AvgIpc) is 3.03. The summed E-state index contributed by atoms with van der Waals surface area (Å²) in [7, 11) is 0. The topological polar surface area (TPSA) is 41.4 Å². The molecule has 1 unspecified atom stereocenters. The highest BCUT2D eigenvalue weighted by Gasteiger charge is 2.27. The lowest BCUT2D eigenvalue weighted by atomic mass is 10.1. The molecule has 0 bridgehead atoms. The molecule has 7 heteroatoms. The number of benzene rings is 1. The molecule has 25 heavy (non-hydrogen) atoms. The second kappa shape index (κ2) is 7.54. The molecule has 0 aliphatic carbocycles. The van der Waals surface area contributed by atoms with E-state index in [1.165, 1.54) is 6.07 Å². The molecule has 1 fully saturated rings. The molecule has 1 aliphatic rings. The Morgan fingerprint density at radius 3 is 2.60 bits per heavy atom. The molecule has 134 valence electrons. The Hall–Kier alpha value is -1.92. The maximum Gasteiger partial charge on any atom is 0.247 e. The molecule has 1 amide bonds. The number of rotatable bonds is 4. The Morgan fingerprint density at radius 1 is 1.28 bits per heavy atom. The first-order valence-electron chi connectivity index (χ1n) is 8.41. The molecule has 3 rings (SSSR count). The predicted molar refractivity (Wildman–Crippen MR) is 94.9 cm³/mol. The number of carbonyl (C=O) groups is 1. The van der Waals surface area contributed by atoms with Crippen molar-refractivity contribution in [2.24, 2.45) is 0 Å². The molecule has 2 aromatic rings. The lowest BCUT2D eigenvalue weighted by molar-refractivity contribution is -0.136. The smallest absolute Gasteiger partial charge is 0.247 e. The van der Waals surface area contributed by atoms with Crippen LogP contribution in [0.25, 0.3) is 0 Å². The van der Waals surface area contributed by atoms with E-state index >= 15 is 0 Å². The summed E-state index contributed by atoms with van der Waals surface area (Å²) < 4.78 is 15.7. The number of piperazine rings is 1. The van der Waals surface area contributed by atoms with Gasteiger partial charge in [-0.15, -0.1) is 0 Å². The lowest BCUT2D eigenvalue weighted by Crippen LogP contribution is -2.50. The van der Waals surface area contributed by atoms with Gasteiger partial charge < -0.3 is 4.90 Å². The van der Waals surface area contributed by atoms with Gasteiger partial charge in [0.1, 0.15) is 11.9 Å². The predicted octanol–water partition coefficient (Wildman–Crippen LogP) is 2.89. The van der Waals surface area contributed by atoms with Crippen molar-refractivity contribution >= 4 is 17.5 Å². The van der Waals surface area contributed by atoms with Crippen molar-refractivity contribution in [3.05, 3.63) is 52.6 Å². The van der Waals surface area contributed by atoms with E-state index < -0.39 is 0 Å². The second-order valence-electron chi connectivity index (χ2n) is 6.39. The van der Waals surface area contributed by atoms with E-state index in [4.69, 9.17) is 11.6 Å². The fraction of sp³-hybridized carbons (Fsp3) is 0.444. The van der Waals surface area contributed by atoms with Crippen LogP contribution in [0.5, 0.6) is 0 Å². The van der Waals surface area contributed by atoms with Crippen molar-refractivity contribution in [2.45, 2.75) is 26.4 Å². The first kappa shape index (κ1) is 17.9. The Kier molecular flexibility index (Phi) is 5.39. The summed E-state index contributed by atoms with van der Waals surface area (Å²) in [5.74, 6) is -0.218. The Bertz CT molecular complexity index is 735. The third-order valence-electron chi connectivity index (χ3n) is 4.72. The van der Waals surface area contributed by atoms with Gasteiger partial charge in [0.25, 0.3) is 0 Å². The minimum absolute atomic E-state index is 0.0652. The summed E-state index contributed by atoms with van der Waals surface area (Å²) in [6, 6.07) is 6.31. The van der Waals surface area contributed by atoms with Crippen molar-refractivity contribution in [3.8, 4) is 0 Å². The molecule has 0 spiro atoms. The van der Waals surface area contributed by atoms with Gasteiger partial charge in [0.15, 0.2) is 0 Å². The zero-order valence-corrected chi connectivity index (χ0v) is 15.2. The Balaban J connectivity index is 1.58. The van der Waals surface area contributed by atoms with Crippen LogP contribution < -0.4 is 0 Å². The summed E-state index contributed by atoms with van der Waals surface area (Å²) in [5, 5.41) is 4.67. The summed E-state index contributed by atoms with van der Waals surface area (Å²) in [6.45, 7) is 6.90. The van der Waals surface area contributed by atoms with Crippen LogP contribution in [0.3, 0.4) is 0 Å². The molecular formula is C18H22ClFN4O. The summed E-state index contributed by atoms with van der Waals surface area (Å²) in [5.41, 5.74) is 1.48. The number of amides is 1. The van der Waals surface area contributed by atoms with Crippen LogP contribution in [-0.2, 0) is 11.3 Å². The molecule has 0 N–H and O–H groups in total. The Labute approximate surface area is 152 Å². The minimum Gasteiger partial charge on any atom is -0.338 e. The number of aromatic nitrogens is 2. The van der Waals surface area contributed by atoms with Crippen LogP contribution in [-0.4, -0.2) is 51.7 Å². The largest absolute Gasteiger partial charge is 0.338 e. The van der Waals surface area contributed by atoms with Gasteiger partial charge in [0.05, 0.1) is 0 Å². The molecule has 1 aromatic heterocycles. The normalized spacial score (nSPS) is 16.9. The van der Waals surface area contributed by atoms with Gasteiger partial charge in [-0.05, 0) is 32.0 Å². The highest BCUT2D eigenvalue weighted by molar-refractivity contribution is 6.31. The molecule has 1 saturated heterocycles.